The van der Waals surface area contributed by atoms with Crippen molar-refractivity contribution in [3.8, 4) is 12.3 Å². The highest BCUT2D eigenvalue weighted by Crippen LogP contribution is 2.23. The predicted molar refractivity (Wildman–Crippen MR) is 58.9 cm³/mol. The quantitative estimate of drug-likeness (QED) is 0.713. The molecule has 0 aromatic heterocycles. The van der Waals surface area contributed by atoms with E-state index in [4.69, 9.17) is 6.42 Å². The summed E-state index contributed by atoms with van der Waals surface area (Å²) < 4.78 is 0. The molecule has 1 aromatic rings. The average Bonchev–Trinajstić information content (AvgIpc) is 3.02. The molecule has 2 rings (SSSR count). The molecule has 72 valence electrons. The van der Waals surface area contributed by atoms with Gasteiger partial charge in [-0.2, -0.15) is 0 Å². The summed E-state index contributed by atoms with van der Waals surface area (Å²) in [6.45, 7) is 2.20. The number of hydrogen-bond acceptors (Lipinski definition) is 1. The third kappa shape index (κ3) is 2.16. The zero-order valence-corrected chi connectivity index (χ0v) is 8.46. The third-order valence-corrected chi connectivity index (χ3v) is 2.64. The molecular weight excluding hydrogens is 170 g/mol. The summed E-state index contributed by atoms with van der Waals surface area (Å²) in [4.78, 5) is 0. The molecule has 1 fully saturated rings. The zero-order valence-electron chi connectivity index (χ0n) is 8.46. The zero-order chi connectivity index (χ0) is 9.97. The fourth-order valence-corrected chi connectivity index (χ4v) is 1.57. The monoisotopic (exact) mass is 185 g/mol. The van der Waals surface area contributed by atoms with Crippen LogP contribution in [0, 0.1) is 12.3 Å². The fourth-order valence-electron chi connectivity index (χ4n) is 1.57. The first-order chi connectivity index (χ1) is 6.79. The van der Waals surface area contributed by atoms with E-state index in [2.05, 4.69) is 30.3 Å². The van der Waals surface area contributed by atoms with E-state index in [0.717, 1.165) is 11.6 Å². The van der Waals surface area contributed by atoms with Crippen molar-refractivity contribution in [3.63, 3.8) is 0 Å². The molecule has 0 radical (unpaired) electrons. The van der Waals surface area contributed by atoms with Crippen LogP contribution in [0.25, 0.3) is 0 Å². The maximum absolute atomic E-state index is 5.30. The van der Waals surface area contributed by atoms with Crippen LogP contribution < -0.4 is 5.32 Å². The van der Waals surface area contributed by atoms with Gasteiger partial charge >= 0.3 is 0 Å². The molecule has 0 aliphatic heterocycles. The minimum absolute atomic E-state index is 0.439. The van der Waals surface area contributed by atoms with Gasteiger partial charge in [0.15, 0.2) is 0 Å². The molecule has 1 atom stereocenters. The first kappa shape index (κ1) is 9.30. The van der Waals surface area contributed by atoms with E-state index in [9.17, 15) is 0 Å². The van der Waals surface area contributed by atoms with Gasteiger partial charge in [-0.1, -0.05) is 18.1 Å². The van der Waals surface area contributed by atoms with E-state index in [1.54, 1.807) is 0 Å². The van der Waals surface area contributed by atoms with Gasteiger partial charge in [0.25, 0.3) is 0 Å². The van der Waals surface area contributed by atoms with Crippen molar-refractivity contribution in [2.24, 2.45) is 0 Å². The number of rotatable bonds is 3. The Kier molecular flexibility index (Phi) is 2.56. The fraction of sp³-hybridized carbons (Fsp3) is 0.385. The van der Waals surface area contributed by atoms with Crippen molar-refractivity contribution < 1.29 is 0 Å². The Hall–Kier alpha value is -1.26. The Morgan fingerprint density at radius 3 is 2.50 bits per heavy atom. The molecule has 0 spiro atoms. The lowest BCUT2D eigenvalue weighted by Crippen LogP contribution is -2.20. The molecule has 0 heterocycles. The molecule has 1 unspecified atom stereocenters. The largest absolute Gasteiger partial charge is 0.307 e. The van der Waals surface area contributed by atoms with Crippen molar-refractivity contribution in [1.82, 2.24) is 5.32 Å². The Morgan fingerprint density at radius 2 is 2.00 bits per heavy atom. The highest BCUT2D eigenvalue weighted by atomic mass is 15.0. The standard InChI is InChI=1S/C13H15N/c1-3-11-4-6-12(7-5-11)10(2)14-13-8-9-13/h1,4-7,10,13-14H,8-9H2,2H3. The van der Waals surface area contributed by atoms with Crippen molar-refractivity contribution in [1.29, 1.82) is 0 Å². The van der Waals surface area contributed by atoms with E-state index in [0.29, 0.717) is 6.04 Å². The predicted octanol–water partition coefficient (Wildman–Crippen LogP) is 2.48. The van der Waals surface area contributed by atoms with Crippen LogP contribution in [0.5, 0.6) is 0 Å². The van der Waals surface area contributed by atoms with Gasteiger partial charge in [0.05, 0.1) is 0 Å². The van der Waals surface area contributed by atoms with Crippen LogP contribution in [0.1, 0.15) is 36.9 Å². The van der Waals surface area contributed by atoms with Crippen LogP contribution in [-0.2, 0) is 0 Å². The summed E-state index contributed by atoms with van der Waals surface area (Å²) in [6, 6.07) is 9.40. The number of hydrogen-bond donors (Lipinski definition) is 1. The van der Waals surface area contributed by atoms with Gasteiger partial charge in [-0.25, -0.2) is 0 Å². The molecule has 0 saturated heterocycles. The van der Waals surface area contributed by atoms with Gasteiger partial charge in [0, 0.05) is 17.6 Å². The minimum Gasteiger partial charge on any atom is -0.307 e. The van der Waals surface area contributed by atoms with Crippen LogP contribution in [0.3, 0.4) is 0 Å². The molecule has 1 heteroatoms. The topological polar surface area (TPSA) is 12.0 Å². The number of benzene rings is 1. The molecule has 1 aliphatic rings. The normalized spacial score (nSPS) is 17.4. The van der Waals surface area contributed by atoms with Gasteiger partial charge in [-0.05, 0) is 37.5 Å². The van der Waals surface area contributed by atoms with Crippen LogP contribution in [0.4, 0.5) is 0 Å². The second kappa shape index (κ2) is 3.86. The minimum atomic E-state index is 0.439. The van der Waals surface area contributed by atoms with E-state index in [1.165, 1.54) is 18.4 Å². The summed E-state index contributed by atoms with van der Waals surface area (Å²) >= 11 is 0. The second-order valence-corrected chi connectivity index (χ2v) is 3.93. The first-order valence-electron chi connectivity index (χ1n) is 5.12. The van der Waals surface area contributed by atoms with Crippen LogP contribution in [-0.4, -0.2) is 6.04 Å². The number of nitrogens with one attached hydrogen (secondary N) is 1. The second-order valence-electron chi connectivity index (χ2n) is 3.93. The molecule has 1 aliphatic carbocycles. The van der Waals surface area contributed by atoms with Crippen LogP contribution in [0.15, 0.2) is 24.3 Å². The summed E-state index contributed by atoms with van der Waals surface area (Å²) in [6.07, 6.45) is 7.95. The van der Waals surface area contributed by atoms with Crippen LogP contribution in [0.2, 0.25) is 0 Å². The Balaban J connectivity index is 2.04. The molecular formula is C13H15N. The lowest BCUT2D eigenvalue weighted by atomic mass is 10.1. The molecule has 0 bridgehead atoms. The van der Waals surface area contributed by atoms with E-state index >= 15 is 0 Å². The Bertz CT molecular complexity index is 340. The molecule has 1 aromatic carbocycles. The van der Waals surface area contributed by atoms with Crippen molar-refractivity contribution in [2.75, 3.05) is 0 Å². The third-order valence-electron chi connectivity index (χ3n) is 2.64. The summed E-state index contributed by atoms with van der Waals surface area (Å²) in [5.41, 5.74) is 2.27. The molecule has 1 saturated carbocycles. The highest BCUT2D eigenvalue weighted by Gasteiger charge is 2.22. The maximum atomic E-state index is 5.30. The summed E-state index contributed by atoms with van der Waals surface area (Å²) in [5, 5.41) is 3.56. The Labute approximate surface area is 85.5 Å². The molecule has 14 heavy (non-hydrogen) atoms. The first-order valence-corrected chi connectivity index (χ1v) is 5.12. The summed E-state index contributed by atoms with van der Waals surface area (Å²) in [5.74, 6) is 2.63. The van der Waals surface area contributed by atoms with Gasteiger partial charge in [0.2, 0.25) is 0 Å². The molecule has 1 nitrogen and oxygen atoms in total. The molecule has 1 N–H and O–H groups in total. The van der Waals surface area contributed by atoms with Crippen molar-refractivity contribution in [2.45, 2.75) is 31.8 Å². The van der Waals surface area contributed by atoms with Gasteiger partial charge in [-0.15, -0.1) is 6.42 Å². The van der Waals surface area contributed by atoms with Crippen molar-refractivity contribution in [3.05, 3.63) is 35.4 Å². The lowest BCUT2D eigenvalue weighted by molar-refractivity contribution is 0.571. The highest BCUT2D eigenvalue weighted by molar-refractivity contribution is 5.35. The van der Waals surface area contributed by atoms with Gasteiger partial charge in [-0.3, -0.25) is 0 Å². The molecule has 0 amide bonds. The van der Waals surface area contributed by atoms with E-state index in [-0.39, 0.29) is 0 Å². The van der Waals surface area contributed by atoms with E-state index < -0.39 is 0 Å². The van der Waals surface area contributed by atoms with Crippen LogP contribution >= 0.6 is 0 Å². The maximum Gasteiger partial charge on any atom is 0.0294 e. The lowest BCUT2D eigenvalue weighted by Gasteiger charge is -2.13. The van der Waals surface area contributed by atoms with Gasteiger partial charge in [0.1, 0.15) is 0 Å². The van der Waals surface area contributed by atoms with E-state index in [1.807, 2.05) is 12.1 Å². The SMILES string of the molecule is C#Cc1ccc(C(C)NC2CC2)cc1. The smallest absolute Gasteiger partial charge is 0.0294 e. The van der Waals surface area contributed by atoms with Gasteiger partial charge < -0.3 is 5.32 Å². The number of terminal acetylenes is 1. The summed E-state index contributed by atoms with van der Waals surface area (Å²) in [7, 11) is 0. The Morgan fingerprint density at radius 1 is 1.36 bits per heavy atom. The van der Waals surface area contributed by atoms with Crippen molar-refractivity contribution >= 4 is 0 Å². The average molecular weight is 185 g/mol.